The molecule has 0 amide bonds. The highest BCUT2D eigenvalue weighted by molar-refractivity contribution is 5.75. The molecule has 0 radical (unpaired) electrons. The second-order valence-corrected chi connectivity index (χ2v) is 4.49. The highest BCUT2D eigenvalue weighted by Gasteiger charge is 2.54. The summed E-state index contributed by atoms with van der Waals surface area (Å²) in [6.07, 6.45) is 3.20. The number of hydrogen-bond acceptors (Lipinski definition) is 2. The van der Waals surface area contributed by atoms with Crippen LogP contribution in [0.5, 0.6) is 0 Å². The molecule has 3 unspecified atom stereocenters. The van der Waals surface area contributed by atoms with E-state index in [9.17, 15) is 9.90 Å². The number of carbonyl (C=O) groups is 1. The Morgan fingerprint density at radius 3 is 2.75 bits per heavy atom. The third-order valence-electron chi connectivity index (χ3n) is 3.66. The molecule has 0 aromatic rings. The fourth-order valence-corrected chi connectivity index (χ4v) is 2.66. The molecule has 2 heteroatoms. The van der Waals surface area contributed by atoms with Gasteiger partial charge in [-0.25, -0.2) is 0 Å². The van der Waals surface area contributed by atoms with Crippen LogP contribution in [-0.4, -0.2) is 17.5 Å². The number of aliphatic hydroxyl groups excluding tert-OH is 1. The van der Waals surface area contributed by atoms with Crippen LogP contribution >= 0.6 is 0 Å². The number of rotatable bonds is 1. The first-order valence-corrected chi connectivity index (χ1v) is 4.42. The minimum atomic E-state index is -0.398. The first kappa shape index (κ1) is 7.99. The SMILES string of the molecule is CC1(C)C2CC1C(O)C=C2C=O. The molecule has 0 saturated heterocycles. The van der Waals surface area contributed by atoms with E-state index in [-0.39, 0.29) is 5.41 Å². The van der Waals surface area contributed by atoms with Crippen LogP contribution in [0.2, 0.25) is 0 Å². The number of hydrogen-bond donors (Lipinski definition) is 1. The first-order chi connectivity index (χ1) is 5.57. The molecule has 0 spiro atoms. The van der Waals surface area contributed by atoms with Crippen LogP contribution in [0.15, 0.2) is 11.6 Å². The maximum Gasteiger partial charge on any atom is 0.146 e. The van der Waals surface area contributed by atoms with Crippen LogP contribution in [0, 0.1) is 17.3 Å². The standard InChI is InChI=1S/C10H14O2/c1-10(2)7-4-8(10)9(12)3-6(7)5-11/h3,5,7-9,12H,4H2,1-2H3. The highest BCUT2D eigenvalue weighted by atomic mass is 16.3. The van der Waals surface area contributed by atoms with Crippen LogP contribution in [0.1, 0.15) is 20.3 Å². The maximum atomic E-state index is 10.6. The minimum Gasteiger partial charge on any atom is -0.389 e. The average molecular weight is 166 g/mol. The van der Waals surface area contributed by atoms with Crippen molar-refractivity contribution in [3.05, 3.63) is 11.6 Å². The molecule has 1 fully saturated rings. The van der Waals surface area contributed by atoms with Crippen LogP contribution in [0.3, 0.4) is 0 Å². The van der Waals surface area contributed by atoms with Gasteiger partial charge in [0, 0.05) is 0 Å². The van der Waals surface area contributed by atoms with E-state index in [2.05, 4.69) is 13.8 Å². The molecule has 0 heterocycles. The molecule has 0 aliphatic heterocycles. The van der Waals surface area contributed by atoms with Gasteiger partial charge < -0.3 is 5.11 Å². The Morgan fingerprint density at radius 2 is 2.33 bits per heavy atom. The molecule has 0 aromatic heterocycles. The van der Waals surface area contributed by atoms with Crippen LogP contribution in [0.25, 0.3) is 0 Å². The summed E-state index contributed by atoms with van der Waals surface area (Å²) in [4.78, 5) is 10.6. The molecule has 2 bridgehead atoms. The minimum absolute atomic E-state index is 0.129. The van der Waals surface area contributed by atoms with Gasteiger partial charge in [0.1, 0.15) is 6.29 Å². The molecule has 0 aromatic carbocycles. The molecule has 66 valence electrons. The Hall–Kier alpha value is -0.630. The smallest absolute Gasteiger partial charge is 0.146 e. The zero-order valence-electron chi connectivity index (χ0n) is 7.45. The Kier molecular flexibility index (Phi) is 1.46. The number of allylic oxidation sites excluding steroid dienone is 1. The van der Waals surface area contributed by atoms with E-state index in [1.165, 1.54) is 0 Å². The third kappa shape index (κ3) is 0.761. The van der Waals surface area contributed by atoms with Crippen molar-refractivity contribution in [1.29, 1.82) is 0 Å². The molecule has 12 heavy (non-hydrogen) atoms. The Labute approximate surface area is 72.3 Å². The Bertz CT molecular complexity index is 253. The lowest BCUT2D eigenvalue weighted by atomic mass is 9.48. The quantitative estimate of drug-likeness (QED) is 0.593. The monoisotopic (exact) mass is 166 g/mol. The van der Waals surface area contributed by atoms with Gasteiger partial charge in [-0.2, -0.15) is 0 Å². The molecular weight excluding hydrogens is 152 g/mol. The van der Waals surface area contributed by atoms with E-state index in [0.717, 1.165) is 18.3 Å². The van der Waals surface area contributed by atoms with Gasteiger partial charge in [0.15, 0.2) is 0 Å². The molecule has 3 aliphatic carbocycles. The van der Waals surface area contributed by atoms with Crippen molar-refractivity contribution in [2.24, 2.45) is 17.3 Å². The number of carbonyl (C=O) groups excluding carboxylic acids is 1. The van der Waals surface area contributed by atoms with Crippen molar-refractivity contribution in [3.8, 4) is 0 Å². The van der Waals surface area contributed by atoms with Crippen LogP contribution in [-0.2, 0) is 4.79 Å². The largest absolute Gasteiger partial charge is 0.389 e. The Morgan fingerprint density at radius 1 is 1.67 bits per heavy atom. The molecule has 3 atom stereocenters. The van der Waals surface area contributed by atoms with Gasteiger partial charge in [-0.1, -0.05) is 13.8 Å². The molecule has 2 nitrogen and oxygen atoms in total. The second-order valence-electron chi connectivity index (χ2n) is 4.49. The van der Waals surface area contributed by atoms with Crippen molar-refractivity contribution in [3.63, 3.8) is 0 Å². The van der Waals surface area contributed by atoms with E-state index in [1.807, 2.05) is 0 Å². The van der Waals surface area contributed by atoms with Crippen molar-refractivity contribution in [1.82, 2.24) is 0 Å². The molecular formula is C10H14O2. The summed E-state index contributed by atoms with van der Waals surface area (Å²) in [6, 6.07) is 0. The first-order valence-electron chi connectivity index (χ1n) is 4.42. The van der Waals surface area contributed by atoms with Crippen LogP contribution in [0.4, 0.5) is 0 Å². The van der Waals surface area contributed by atoms with E-state index < -0.39 is 6.10 Å². The summed E-state index contributed by atoms with van der Waals surface area (Å²) in [7, 11) is 0. The van der Waals surface area contributed by atoms with Crippen molar-refractivity contribution < 1.29 is 9.90 Å². The van der Waals surface area contributed by atoms with Gasteiger partial charge >= 0.3 is 0 Å². The average Bonchev–Trinajstić information content (AvgIpc) is 2.02. The fourth-order valence-electron chi connectivity index (χ4n) is 2.66. The summed E-state index contributed by atoms with van der Waals surface area (Å²) in [5.41, 5.74) is 0.930. The molecule has 3 rings (SSSR count). The number of aliphatic hydroxyl groups is 1. The van der Waals surface area contributed by atoms with E-state index in [0.29, 0.717) is 11.8 Å². The predicted molar refractivity (Wildman–Crippen MR) is 45.5 cm³/mol. The van der Waals surface area contributed by atoms with Crippen LogP contribution < -0.4 is 0 Å². The van der Waals surface area contributed by atoms with E-state index in [4.69, 9.17) is 0 Å². The third-order valence-corrected chi connectivity index (χ3v) is 3.66. The summed E-state index contributed by atoms with van der Waals surface area (Å²) in [5.74, 6) is 0.759. The van der Waals surface area contributed by atoms with Crippen molar-refractivity contribution >= 4 is 6.29 Å². The second kappa shape index (κ2) is 2.19. The topological polar surface area (TPSA) is 37.3 Å². The Balaban J connectivity index is 2.36. The zero-order chi connectivity index (χ0) is 8.93. The van der Waals surface area contributed by atoms with Gasteiger partial charge in [-0.15, -0.1) is 0 Å². The lowest BCUT2D eigenvalue weighted by Crippen LogP contribution is -2.54. The van der Waals surface area contributed by atoms with Crippen molar-refractivity contribution in [2.75, 3.05) is 0 Å². The van der Waals surface area contributed by atoms with E-state index >= 15 is 0 Å². The summed E-state index contributed by atoms with van der Waals surface area (Å²) >= 11 is 0. The summed E-state index contributed by atoms with van der Waals surface area (Å²) < 4.78 is 0. The maximum absolute atomic E-state index is 10.6. The van der Waals surface area contributed by atoms with E-state index in [1.54, 1.807) is 6.08 Å². The zero-order valence-corrected chi connectivity index (χ0v) is 7.45. The van der Waals surface area contributed by atoms with Gasteiger partial charge in [0.25, 0.3) is 0 Å². The molecule has 1 N–H and O–H groups in total. The normalized spacial score (nSPS) is 42.9. The summed E-state index contributed by atoms with van der Waals surface area (Å²) in [5, 5.41) is 9.62. The highest BCUT2D eigenvalue weighted by Crippen LogP contribution is 2.58. The summed E-state index contributed by atoms with van der Waals surface area (Å²) in [6.45, 7) is 4.26. The fraction of sp³-hybridized carbons (Fsp3) is 0.700. The number of aldehydes is 1. The number of fused-ring (bicyclic) bond motifs is 1. The lowest BCUT2D eigenvalue weighted by Gasteiger charge is -2.57. The van der Waals surface area contributed by atoms with Gasteiger partial charge in [0.05, 0.1) is 6.10 Å². The lowest BCUT2D eigenvalue weighted by molar-refractivity contribution is -0.113. The molecule has 3 aliphatic rings. The molecule has 1 saturated carbocycles. The van der Waals surface area contributed by atoms with Gasteiger partial charge in [0.2, 0.25) is 0 Å². The van der Waals surface area contributed by atoms with Gasteiger partial charge in [-0.3, -0.25) is 4.79 Å². The van der Waals surface area contributed by atoms with Gasteiger partial charge in [-0.05, 0) is 35.3 Å². The van der Waals surface area contributed by atoms with Crippen molar-refractivity contribution in [2.45, 2.75) is 26.4 Å². The predicted octanol–water partition coefficient (Wildman–Crippen LogP) is 1.15.